The van der Waals surface area contributed by atoms with E-state index >= 15 is 0 Å². The lowest BCUT2D eigenvalue weighted by Gasteiger charge is -2.27. The number of rotatable bonds is 12. The number of hydrogen-bond donors (Lipinski definition) is 1. The van der Waals surface area contributed by atoms with Crippen LogP contribution in [0.2, 0.25) is 0 Å². The average molecular weight is 457 g/mol. The zero-order valence-electron chi connectivity index (χ0n) is 18.1. The second kappa shape index (κ2) is 11.7. The molecule has 0 aromatic heterocycles. The van der Waals surface area contributed by atoms with Crippen LogP contribution < -0.4 is 19.1 Å². The minimum absolute atomic E-state index is 0.0350. The molecule has 6 nitrogen and oxygen atoms in total. The molecule has 0 bridgehead atoms. The number of ether oxygens (including phenoxy) is 3. The molecular weight excluding hydrogens is 432 g/mol. The van der Waals surface area contributed by atoms with Gasteiger partial charge in [-0.25, -0.2) is 0 Å². The van der Waals surface area contributed by atoms with E-state index in [2.05, 4.69) is 4.74 Å². The molecule has 0 heterocycles. The molecule has 33 heavy (non-hydrogen) atoms. The molecule has 174 valence electrons. The van der Waals surface area contributed by atoms with Crippen LogP contribution in [0, 0.1) is 0 Å². The standard InChI is InChI=1S/C25H25F2NO5/c1-2-28(16-18-4-3-5-22(14-18)31-13-12-29)24-15-23(33-25(26)27)9-6-19(24)17-32-21-10-7-20(30)8-11-21/h3-12,14-15,25,30H,2,13,16-17H2,1H3. The molecule has 0 saturated heterocycles. The Bertz CT molecular complexity index is 1040. The summed E-state index contributed by atoms with van der Waals surface area (Å²) in [6.45, 7) is 0.237. The lowest BCUT2D eigenvalue weighted by molar-refractivity contribution is -0.109. The van der Waals surface area contributed by atoms with Crippen molar-refractivity contribution >= 4 is 12.0 Å². The van der Waals surface area contributed by atoms with E-state index in [0.29, 0.717) is 36.6 Å². The zero-order valence-corrected chi connectivity index (χ0v) is 18.1. The van der Waals surface area contributed by atoms with Crippen molar-refractivity contribution in [3.8, 4) is 23.0 Å². The highest BCUT2D eigenvalue weighted by Crippen LogP contribution is 2.30. The van der Waals surface area contributed by atoms with Gasteiger partial charge in [0.15, 0.2) is 6.29 Å². The van der Waals surface area contributed by atoms with Crippen molar-refractivity contribution in [2.45, 2.75) is 26.7 Å². The number of phenols is 1. The van der Waals surface area contributed by atoms with Crippen LogP contribution in [-0.4, -0.2) is 31.2 Å². The van der Waals surface area contributed by atoms with Crippen LogP contribution in [0.5, 0.6) is 23.0 Å². The van der Waals surface area contributed by atoms with E-state index in [9.17, 15) is 18.7 Å². The molecule has 0 aliphatic carbocycles. The Morgan fingerprint density at radius 1 is 0.970 bits per heavy atom. The number of alkyl halides is 2. The Balaban J connectivity index is 1.85. The van der Waals surface area contributed by atoms with Crippen LogP contribution in [0.25, 0.3) is 0 Å². The summed E-state index contributed by atoms with van der Waals surface area (Å²) in [5, 5.41) is 9.44. The number of hydrogen-bond acceptors (Lipinski definition) is 6. The normalized spacial score (nSPS) is 10.7. The van der Waals surface area contributed by atoms with Crippen molar-refractivity contribution in [1.29, 1.82) is 0 Å². The second-order valence-electron chi connectivity index (χ2n) is 7.09. The molecule has 0 radical (unpaired) electrons. The highest BCUT2D eigenvalue weighted by atomic mass is 19.3. The van der Waals surface area contributed by atoms with E-state index < -0.39 is 6.61 Å². The van der Waals surface area contributed by atoms with Gasteiger partial charge in [-0.3, -0.25) is 4.79 Å². The highest BCUT2D eigenvalue weighted by Gasteiger charge is 2.15. The molecular formula is C25H25F2NO5. The van der Waals surface area contributed by atoms with Gasteiger partial charge in [0.1, 0.15) is 36.2 Å². The lowest BCUT2D eigenvalue weighted by atomic mass is 10.1. The van der Waals surface area contributed by atoms with Crippen LogP contribution in [0.1, 0.15) is 18.1 Å². The smallest absolute Gasteiger partial charge is 0.387 e. The third-order valence-corrected chi connectivity index (χ3v) is 4.83. The van der Waals surface area contributed by atoms with Crippen LogP contribution in [0.3, 0.4) is 0 Å². The van der Waals surface area contributed by atoms with Crippen molar-refractivity contribution in [2.24, 2.45) is 0 Å². The number of nitrogens with zero attached hydrogens (tertiary/aromatic N) is 1. The Morgan fingerprint density at radius 3 is 2.42 bits per heavy atom. The topological polar surface area (TPSA) is 68.2 Å². The Hall–Kier alpha value is -3.81. The first-order valence-corrected chi connectivity index (χ1v) is 10.4. The van der Waals surface area contributed by atoms with Crippen molar-refractivity contribution in [3.63, 3.8) is 0 Å². The molecule has 0 unspecified atom stereocenters. The minimum Gasteiger partial charge on any atom is -0.508 e. The summed E-state index contributed by atoms with van der Waals surface area (Å²) in [5.41, 5.74) is 2.39. The number of aromatic hydroxyl groups is 1. The third-order valence-electron chi connectivity index (χ3n) is 4.83. The molecule has 0 spiro atoms. The van der Waals surface area contributed by atoms with E-state index in [1.54, 1.807) is 30.3 Å². The number of phenolic OH excluding ortho intramolecular Hbond substituents is 1. The molecule has 0 aliphatic rings. The summed E-state index contributed by atoms with van der Waals surface area (Å²) in [7, 11) is 0. The summed E-state index contributed by atoms with van der Waals surface area (Å²) in [4.78, 5) is 12.6. The first kappa shape index (κ1) is 23.8. The maximum absolute atomic E-state index is 12.8. The van der Waals surface area contributed by atoms with Gasteiger partial charge < -0.3 is 24.2 Å². The quantitative estimate of drug-likeness (QED) is 0.378. The highest BCUT2D eigenvalue weighted by molar-refractivity contribution is 5.58. The van der Waals surface area contributed by atoms with Crippen LogP contribution >= 0.6 is 0 Å². The Kier molecular flexibility index (Phi) is 8.46. The summed E-state index contributed by atoms with van der Waals surface area (Å²) in [5.74, 6) is 1.32. The summed E-state index contributed by atoms with van der Waals surface area (Å²) in [6.07, 6.45) is 0.680. The van der Waals surface area contributed by atoms with Gasteiger partial charge >= 0.3 is 6.61 Å². The monoisotopic (exact) mass is 457 g/mol. The number of halogens is 2. The molecule has 0 atom stereocenters. The molecule has 3 aromatic carbocycles. The third kappa shape index (κ3) is 7.10. The maximum Gasteiger partial charge on any atom is 0.387 e. The summed E-state index contributed by atoms with van der Waals surface area (Å²) in [6, 6.07) is 18.4. The number of carbonyl (C=O) groups excluding carboxylic acids is 1. The molecule has 0 amide bonds. The average Bonchev–Trinajstić information content (AvgIpc) is 2.81. The first-order chi connectivity index (χ1) is 16.0. The SMILES string of the molecule is CCN(Cc1cccc(OCC=O)c1)c1cc(OC(F)F)ccc1COc1ccc(O)cc1. The molecule has 0 saturated carbocycles. The fourth-order valence-electron chi connectivity index (χ4n) is 3.29. The molecule has 1 N–H and O–H groups in total. The first-order valence-electron chi connectivity index (χ1n) is 10.4. The number of aldehydes is 1. The lowest BCUT2D eigenvalue weighted by Crippen LogP contribution is -2.24. The molecule has 0 aliphatic heterocycles. The number of carbonyl (C=O) groups is 1. The van der Waals surface area contributed by atoms with Gasteiger partial charge in [0.05, 0.1) is 0 Å². The molecule has 3 rings (SSSR count). The second-order valence-corrected chi connectivity index (χ2v) is 7.09. The number of anilines is 1. The van der Waals surface area contributed by atoms with Gasteiger partial charge in [-0.2, -0.15) is 8.78 Å². The van der Waals surface area contributed by atoms with E-state index in [1.807, 2.05) is 30.0 Å². The van der Waals surface area contributed by atoms with E-state index in [0.717, 1.165) is 11.1 Å². The van der Waals surface area contributed by atoms with Gasteiger partial charge in [-0.1, -0.05) is 12.1 Å². The fraction of sp³-hybridized carbons (Fsp3) is 0.240. The molecule has 3 aromatic rings. The van der Waals surface area contributed by atoms with Crippen LogP contribution in [-0.2, 0) is 17.9 Å². The zero-order chi connectivity index (χ0) is 23.6. The van der Waals surface area contributed by atoms with Crippen LogP contribution in [0.15, 0.2) is 66.7 Å². The van der Waals surface area contributed by atoms with Crippen molar-refractivity contribution in [3.05, 3.63) is 77.9 Å². The van der Waals surface area contributed by atoms with Crippen LogP contribution in [0.4, 0.5) is 14.5 Å². The Morgan fingerprint density at radius 2 is 1.73 bits per heavy atom. The predicted molar refractivity (Wildman–Crippen MR) is 120 cm³/mol. The van der Waals surface area contributed by atoms with E-state index in [1.165, 1.54) is 18.2 Å². The van der Waals surface area contributed by atoms with Gasteiger partial charge in [0.25, 0.3) is 0 Å². The van der Waals surface area contributed by atoms with Crippen molar-refractivity contribution in [1.82, 2.24) is 0 Å². The van der Waals surface area contributed by atoms with Gasteiger partial charge in [0.2, 0.25) is 0 Å². The Labute approximate surface area is 190 Å². The van der Waals surface area contributed by atoms with Crippen molar-refractivity contribution in [2.75, 3.05) is 18.1 Å². The van der Waals surface area contributed by atoms with Gasteiger partial charge in [-0.15, -0.1) is 0 Å². The van der Waals surface area contributed by atoms with Gasteiger partial charge in [-0.05, 0) is 61.0 Å². The predicted octanol–water partition coefficient (Wildman–Crippen LogP) is 5.18. The fourth-order valence-corrected chi connectivity index (χ4v) is 3.29. The van der Waals surface area contributed by atoms with Crippen molar-refractivity contribution < 1.29 is 32.9 Å². The van der Waals surface area contributed by atoms with Gasteiger partial charge in [0, 0.05) is 30.4 Å². The minimum atomic E-state index is -2.93. The molecule has 0 fully saturated rings. The summed E-state index contributed by atoms with van der Waals surface area (Å²) >= 11 is 0. The van der Waals surface area contributed by atoms with E-state index in [-0.39, 0.29) is 24.7 Å². The van der Waals surface area contributed by atoms with E-state index in [4.69, 9.17) is 9.47 Å². The summed E-state index contributed by atoms with van der Waals surface area (Å²) < 4.78 is 41.4. The maximum atomic E-state index is 12.8. The number of benzene rings is 3. The molecule has 8 heteroatoms. The largest absolute Gasteiger partial charge is 0.508 e.